The second-order valence-electron chi connectivity index (χ2n) is 6.62. The van der Waals surface area contributed by atoms with Crippen LogP contribution in [0.2, 0.25) is 0 Å². The Labute approximate surface area is 147 Å². The zero-order valence-electron chi connectivity index (χ0n) is 15.6. The highest BCUT2D eigenvalue weighted by Crippen LogP contribution is 2.06. The first-order valence-electron chi connectivity index (χ1n) is 8.17. The van der Waals surface area contributed by atoms with Crippen LogP contribution in [-0.4, -0.2) is 54.2 Å². The lowest BCUT2D eigenvalue weighted by molar-refractivity contribution is -0.142. The maximum Gasteiger partial charge on any atom is 0.407 e. The summed E-state index contributed by atoms with van der Waals surface area (Å²) in [4.78, 5) is 46.9. The van der Waals surface area contributed by atoms with E-state index in [2.05, 4.69) is 20.7 Å². The van der Waals surface area contributed by atoms with E-state index in [9.17, 15) is 19.2 Å². The highest BCUT2D eigenvalue weighted by atomic mass is 16.5. The van der Waals surface area contributed by atoms with E-state index in [1.165, 1.54) is 14.0 Å². The number of methoxy groups -OCH3 is 1. The third-order valence-electron chi connectivity index (χ3n) is 3.48. The van der Waals surface area contributed by atoms with Crippen molar-refractivity contribution >= 4 is 23.9 Å². The van der Waals surface area contributed by atoms with E-state index in [-0.39, 0.29) is 18.3 Å². The normalized spacial score (nSPS) is 14.4. The summed E-state index contributed by atoms with van der Waals surface area (Å²) in [6.45, 7) is 8.59. The molecule has 0 aromatic carbocycles. The van der Waals surface area contributed by atoms with Crippen molar-refractivity contribution < 1.29 is 29.0 Å². The van der Waals surface area contributed by atoms with Gasteiger partial charge in [-0.1, -0.05) is 27.7 Å². The summed E-state index contributed by atoms with van der Waals surface area (Å²) in [5, 5.41) is 16.4. The van der Waals surface area contributed by atoms with E-state index in [1.54, 1.807) is 13.8 Å². The summed E-state index contributed by atoms with van der Waals surface area (Å²) in [7, 11) is 1.18. The fourth-order valence-corrected chi connectivity index (χ4v) is 2.08. The molecule has 3 atom stereocenters. The molecule has 0 rings (SSSR count). The summed E-state index contributed by atoms with van der Waals surface area (Å²) in [5.74, 6) is -2.45. The molecule has 0 bridgehead atoms. The van der Waals surface area contributed by atoms with Crippen molar-refractivity contribution in [1.29, 1.82) is 0 Å². The number of amides is 3. The molecule has 0 fully saturated rings. The summed E-state index contributed by atoms with van der Waals surface area (Å²) in [6.07, 6.45) is -0.478. The minimum absolute atomic E-state index is 0.0841. The highest BCUT2D eigenvalue weighted by Gasteiger charge is 2.29. The average Bonchev–Trinajstić information content (AvgIpc) is 2.50. The first-order chi connectivity index (χ1) is 11.5. The van der Waals surface area contributed by atoms with Crippen LogP contribution in [0, 0.1) is 11.8 Å². The molecule has 9 nitrogen and oxygen atoms in total. The van der Waals surface area contributed by atoms with E-state index < -0.39 is 42.0 Å². The second kappa shape index (κ2) is 10.5. The Morgan fingerprint density at radius 1 is 0.920 bits per heavy atom. The van der Waals surface area contributed by atoms with E-state index >= 15 is 0 Å². The summed E-state index contributed by atoms with van der Waals surface area (Å²) in [6, 6.07) is -2.86. The lowest BCUT2D eigenvalue weighted by Gasteiger charge is -2.24. The number of aliphatic carboxylic acids is 1. The maximum atomic E-state index is 12.3. The van der Waals surface area contributed by atoms with Gasteiger partial charge in [-0.25, -0.2) is 9.59 Å². The number of nitrogens with one attached hydrogen (secondary N) is 3. The Hall–Kier alpha value is -2.32. The van der Waals surface area contributed by atoms with E-state index in [4.69, 9.17) is 5.11 Å². The standard InChI is InChI=1S/C16H29N3O6/c1-8(2)7-11(15(22)23)18-13(20)10(5)17-14(21)12(9(3)4)19-16(24)25-6/h8-12H,7H2,1-6H3,(H,17,21)(H,18,20)(H,19,24)(H,22,23)/t10-,11-,12-/m0/s1. The number of hydrogen-bond acceptors (Lipinski definition) is 5. The number of hydrogen-bond donors (Lipinski definition) is 4. The van der Waals surface area contributed by atoms with E-state index in [1.807, 2.05) is 13.8 Å². The molecule has 0 radical (unpaired) electrons. The Morgan fingerprint density at radius 3 is 1.88 bits per heavy atom. The molecule has 0 saturated carbocycles. The predicted octanol–water partition coefficient (Wildman–Crippen LogP) is 0.487. The number of carbonyl (C=O) groups is 4. The molecule has 0 heterocycles. The van der Waals surface area contributed by atoms with Gasteiger partial charge in [0.15, 0.2) is 0 Å². The smallest absolute Gasteiger partial charge is 0.407 e. The number of carboxylic acids is 1. The van der Waals surface area contributed by atoms with Gasteiger partial charge in [0.1, 0.15) is 18.1 Å². The number of carbonyl (C=O) groups excluding carboxylic acids is 3. The second-order valence-corrected chi connectivity index (χ2v) is 6.62. The lowest BCUT2D eigenvalue weighted by Crippen LogP contribution is -2.56. The van der Waals surface area contributed by atoms with Crippen LogP contribution in [0.1, 0.15) is 41.0 Å². The van der Waals surface area contributed by atoms with Gasteiger partial charge < -0.3 is 25.8 Å². The van der Waals surface area contributed by atoms with Gasteiger partial charge in [0, 0.05) is 0 Å². The largest absolute Gasteiger partial charge is 0.480 e. The fourth-order valence-electron chi connectivity index (χ4n) is 2.08. The zero-order chi connectivity index (χ0) is 19.7. The van der Waals surface area contributed by atoms with Crippen LogP contribution < -0.4 is 16.0 Å². The van der Waals surface area contributed by atoms with Crippen LogP contribution >= 0.6 is 0 Å². The molecule has 144 valence electrons. The molecule has 3 amide bonds. The maximum absolute atomic E-state index is 12.3. The molecular formula is C16H29N3O6. The van der Waals surface area contributed by atoms with Gasteiger partial charge >= 0.3 is 12.1 Å². The molecule has 0 aliphatic rings. The van der Waals surface area contributed by atoms with Crippen molar-refractivity contribution in [2.45, 2.75) is 59.2 Å². The predicted molar refractivity (Wildman–Crippen MR) is 90.8 cm³/mol. The first-order valence-corrected chi connectivity index (χ1v) is 8.17. The molecule has 9 heteroatoms. The SMILES string of the molecule is COC(=O)N[C@H](C(=O)N[C@@H](C)C(=O)N[C@@H](CC(C)C)C(=O)O)C(C)C. The molecule has 0 aromatic heterocycles. The van der Waals surface area contributed by atoms with Gasteiger partial charge in [-0.3, -0.25) is 9.59 Å². The number of ether oxygens (including phenoxy) is 1. The molecule has 25 heavy (non-hydrogen) atoms. The van der Waals surface area contributed by atoms with Gasteiger partial charge in [0.25, 0.3) is 0 Å². The number of carboxylic acid groups (broad SMARTS) is 1. The Balaban J connectivity index is 4.84. The molecule has 0 aliphatic heterocycles. The third kappa shape index (κ3) is 8.37. The topological polar surface area (TPSA) is 134 Å². The number of alkyl carbamates (subject to hydrolysis) is 1. The van der Waals surface area contributed by atoms with Gasteiger partial charge in [-0.15, -0.1) is 0 Å². The monoisotopic (exact) mass is 359 g/mol. The molecule has 0 aromatic rings. The quantitative estimate of drug-likeness (QED) is 0.473. The average molecular weight is 359 g/mol. The Bertz CT molecular complexity index is 492. The van der Waals surface area contributed by atoms with E-state index in [0.29, 0.717) is 0 Å². The molecule has 0 unspecified atom stereocenters. The molecular weight excluding hydrogens is 330 g/mol. The molecule has 0 spiro atoms. The summed E-state index contributed by atoms with van der Waals surface area (Å²) < 4.78 is 4.47. The van der Waals surface area contributed by atoms with Crippen molar-refractivity contribution in [3.8, 4) is 0 Å². The molecule has 0 aliphatic carbocycles. The zero-order valence-corrected chi connectivity index (χ0v) is 15.6. The van der Waals surface area contributed by atoms with Gasteiger partial charge in [0.05, 0.1) is 7.11 Å². The first kappa shape index (κ1) is 22.7. The minimum atomic E-state index is -1.13. The fraction of sp³-hybridized carbons (Fsp3) is 0.750. The van der Waals surface area contributed by atoms with Crippen LogP contribution in [0.15, 0.2) is 0 Å². The van der Waals surface area contributed by atoms with Crippen LogP contribution in [0.5, 0.6) is 0 Å². The molecule has 0 saturated heterocycles. The van der Waals surface area contributed by atoms with Gasteiger partial charge in [-0.05, 0) is 25.2 Å². The van der Waals surface area contributed by atoms with Gasteiger partial charge in [0.2, 0.25) is 11.8 Å². The van der Waals surface area contributed by atoms with Crippen molar-refractivity contribution in [3.63, 3.8) is 0 Å². The Morgan fingerprint density at radius 2 is 1.48 bits per heavy atom. The van der Waals surface area contributed by atoms with E-state index in [0.717, 1.165) is 0 Å². The van der Waals surface area contributed by atoms with Crippen LogP contribution in [-0.2, 0) is 19.1 Å². The highest BCUT2D eigenvalue weighted by molar-refractivity contribution is 5.92. The van der Waals surface area contributed by atoms with Crippen molar-refractivity contribution in [3.05, 3.63) is 0 Å². The van der Waals surface area contributed by atoms with Crippen LogP contribution in [0.3, 0.4) is 0 Å². The summed E-state index contributed by atoms with van der Waals surface area (Å²) >= 11 is 0. The van der Waals surface area contributed by atoms with Crippen molar-refractivity contribution in [2.24, 2.45) is 11.8 Å². The Kier molecular flexibility index (Phi) is 9.55. The number of rotatable bonds is 9. The van der Waals surface area contributed by atoms with Crippen molar-refractivity contribution in [1.82, 2.24) is 16.0 Å². The third-order valence-corrected chi connectivity index (χ3v) is 3.48. The molecule has 4 N–H and O–H groups in total. The van der Waals surface area contributed by atoms with Crippen LogP contribution in [0.25, 0.3) is 0 Å². The lowest BCUT2D eigenvalue weighted by atomic mass is 10.0. The summed E-state index contributed by atoms with van der Waals surface area (Å²) in [5.41, 5.74) is 0. The van der Waals surface area contributed by atoms with Crippen LogP contribution in [0.4, 0.5) is 4.79 Å². The van der Waals surface area contributed by atoms with Crippen molar-refractivity contribution in [2.75, 3.05) is 7.11 Å². The minimum Gasteiger partial charge on any atom is -0.480 e. The van der Waals surface area contributed by atoms with Gasteiger partial charge in [-0.2, -0.15) is 0 Å².